The molecule has 1 saturated carbocycles. The van der Waals surface area contributed by atoms with Crippen molar-refractivity contribution in [1.29, 1.82) is 0 Å². The average Bonchev–Trinajstić information content (AvgIpc) is 2.49. The zero-order valence-corrected chi connectivity index (χ0v) is 13.3. The van der Waals surface area contributed by atoms with Crippen molar-refractivity contribution in [2.24, 2.45) is 5.92 Å². The van der Waals surface area contributed by atoms with Gasteiger partial charge in [0.25, 0.3) is 0 Å². The lowest BCUT2D eigenvalue weighted by Crippen LogP contribution is -2.38. The largest absolute Gasteiger partial charge is 0.481 e. The summed E-state index contributed by atoms with van der Waals surface area (Å²) in [4.78, 5) is 23.5. The molecule has 0 heterocycles. The molecule has 2 rings (SSSR count). The van der Waals surface area contributed by atoms with Crippen molar-refractivity contribution in [3.05, 3.63) is 34.9 Å². The van der Waals surface area contributed by atoms with Gasteiger partial charge in [-0.3, -0.25) is 9.59 Å². The maximum absolute atomic E-state index is 12.1. The minimum Gasteiger partial charge on any atom is -0.481 e. The van der Waals surface area contributed by atoms with Crippen LogP contribution in [0.15, 0.2) is 24.3 Å². The average molecular weight is 324 g/mol. The van der Waals surface area contributed by atoms with E-state index >= 15 is 0 Å². The molecule has 1 amide bonds. The van der Waals surface area contributed by atoms with E-state index in [2.05, 4.69) is 5.32 Å². The van der Waals surface area contributed by atoms with Crippen LogP contribution in [0.1, 0.15) is 44.1 Å². The highest BCUT2D eigenvalue weighted by atomic mass is 35.5. The summed E-state index contributed by atoms with van der Waals surface area (Å²) >= 11 is 5.82. The third-order valence-corrected chi connectivity index (χ3v) is 4.40. The Morgan fingerprint density at radius 3 is 2.41 bits per heavy atom. The summed E-state index contributed by atoms with van der Waals surface area (Å²) in [7, 11) is 0. The monoisotopic (exact) mass is 323 g/mol. The number of hydrogen-bond acceptors (Lipinski definition) is 2. The summed E-state index contributed by atoms with van der Waals surface area (Å²) in [6, 6.07) is 7.29. The molecule has 1 fully saturated rings. The summed E-state index contributed by atoms with van der Waals surface area (Å²) in [5.74, 6) is -1.80. The number of carboxylic acid groups (broad SMARTS) is 1. The van der Waals surface area contributed by atoms with Gasteiger partial charge in [-0.15, -0.1) is 0 Å². The second-order valence-electron chi connectivity index (χ2n) is 5.97. The molecule has 0 aliphatic heterocycles. The van der Waals surface area contributed by atoms with E-state index in [9.17, 15) is 14.7 Å². The molecule has 0 aromatic heterocycles. The van der Waals surface area contributed by atoms with E-state index in [-0.39, 0.29) is 18.4 Å². The first-order valence-electron chi connectivity index (χ1n) is 7.81. The van der Waals surface area contributed by atoms with E-state index in [1.54, 1.807) is 24.3 Å². The fourth-order valence-corrected chi connectivity index (χ4v) is 3.04. The first kappa shape index (κ1) is 16.8. The third kappa shape index (κ3) is 5.34. The highest BCUT2D eigenvalue weighted by Crippen LogP contribution is 2.19. The van der Waals surface area contributed by atoms with Crippen LogP contribution in [-0.4, -0.2) is 23.0 Å². The van der Waals surface area contributed by atoms with Crippen LogP contribution < -0.4 is 5.32 Å². The fourth-order valence-electron chi connectivity index (χ4n) is 2.91. The predicted molar refractivity (Wildman–Crippen MR) is 85.9 cm³/mol. The molecule has 1 aliphatic carbocycles. The summed E-state index contributed by atoms with van der Waals surface area (Å²) in [6.07, 6.45) is 5.86. The lowest BCUT2D eigenvalue weighted by molar-refractivity contribution is -0.144. The minimum atomic E-state index is -0.936. The Bertz CT molecular complexity index is 509. The number of halogens is 1. The number of hydrogen-bond donors (Lipinski definition) is 2. The summed E-state index contributed by atoms with van der Waals surface area (Å²) < 4.78 is 0. The molecule has 1 aromatic rings. The molecule has 0 bridgehead atoms. The second-order valence-corrected chi connectivity index (χ2v) is 6.41. The maximum Gasteiger partial charge on any atom is 0.307 e. The van der Waals surface area contributed by atoms with Gasteiger partial charge in [-0.25, -0.2) is 0 Å². The standard InChI is InChI=1S/C17H22ClNO3/c18-14-8-6-12(7-9-14)10-13(17(21)22)11-16(20)19-15-4-2-1-3-5-15/h6-9,13,15H,1-5,10-11H2,(H,19,20)(H,21,22). The van der Waals surface area contributed by atoms with Crippen LogP contribution >= 0.6 is 11.6 Å². The first-order valence-corrected chi connectivity index (χ1v) is 8.19. The van der Waals surface area contributed by atoms with Gasteiger partial charge < -0.3 is 10.4 Å². The molecule has 1 aromatic carbocycles. The molecule has 120 valence electrons. The molecule has 4 nitrogen and oxygen atoms in total. The van der Waals surface area contributed by atoms with Gasteiger partial charge >= 0.3 is 5.97 Å². The summed E-state index contributed by atoms with van der Waals surface area (Å²) in [5, 5.41) is 12.9. The molecule has 1 unspecified atom stereocenters. The molecule has 1 aliphatic rings. The number of amides is 1. The normalized spacial score (nSPS) is 17.0. The van der Waals surface area contributed by atoms with Gasteiger partial charge in [-0.05, 0) is 37.0 Å². The van der Waals surface area contributed by atoms with Crippen molar-refractivity contribution in [2.75, 3.05) is 0 Å². The number of carbonyl (C=O) groups is 2. The topological polar surface area (TPSA) is 66.4 Å². The Morgan fingerprint density at radius 1 is 1.18 bits per heavy atom. The molecular weight excluding hydrogens is 302 g/mol. The fraction of sp³-hybridized carbons (Fsp3) is 0.529. The number of nitrogens with one attached hydrogen (secondary N) is 1. The Labute approximate surface area is 135 Å². The van der Waals surface area contributed by atoms with Crippen molar-refractivity contribution in [2.45, 2.75) is 51.0 Å². The highest BCUT2D eigenvalue weighted by Gasteiger charge is 2.23. The van der Waals surface area contributed by atoms with Crippen molar-refractivity contribution in [3.63, 3.8) is 0 Å². The Balaban J connectivity index is 1.88. The van der Waals surface area contributed by atoms with Gasteiger partial charge in [0, 0.05) is 17.5 Å². The van der Waals surface area contributed by atoms with Crippen molar-refractivity contribution in [3.8, 4) is 0 Å². The molecule has 5 heteroatoms. The van der Waals surface area contributed by atoms with Crippen LogP contribution in [0.5, 0.6) is 0 Å². The van der Waals surface area contributed by atoms with Crippen LogP contribution in [0.4, 0.5) is 0 Å². The van der Waals surface area contributed by atoms with Crippen LogP contribution in [-0.2, 0) is 16.0 Å². The third-order valence-electron chi connectivity index (χ3n) is 4.15. The SMILES string of the molecule is O=C(CC(Cc1ccc(Cl)cc1)C(=O)O)NC1CCCCC1. The van der Waals surface area contributed by atoms with Crippen LogP contribution in [0.2, 0.25) is 5.02 Å². The number of carbonyl (C=O) groups excluding carboxylic acids is 1. The number of rotatable bonds is 6. The lowest BCUT2D eigenvalue weighted by atomic mass is 9.93. The Morgan fingerprint density at radius 2 is 1.82 bits per heavy atom. The zero-order valence-electron chi connectivity index (χ0n) is 12.6. The van der Waals surface area contributed by atoms with Crippen molar-refractivity contribution < 1.29 is 14.7 Å². The molecule has 0 radical (unpaired) electrons. The molecule has 1 atom stereocenters. The Kier molecular flexibility index (Phi) is 6.25. The summed E-state index contributed by atoms with van der Waals surface area (Å²) in [5.41, 5.74) is 0.877. The van der Waals surface area contributed by atoms with E-state index in [1.807, 2.05) is 0 Å². The summed E-state index contributed by atoms with van der Waals surface area (Å²) in [6.45, 7) is 0. The minimum absolute atomic E-state index is 0.0223. The van der Waals surface area contributed by atoms with Crippen LogP contribution in [0.3, 0.4) is 0 Å². The smallest absolute Gasteiger partial charge is 0.307 e. The van der Waals surface area contributed by atoms with Gasteiger partial charge in [-0.1, -0.05) is 43.0 Å². The van der Waals surface area contributed by atoms with Gasteiger partial charge in [0.1, 0.15) is 0 Å². The molecule has 0 spiro atoms. The first-order chi connectivity index (χ1) is 10.5. The van der Waals surface area contributed by atoms with E-state index < -0.39 is 11.9 Å². The Hall–Kier alpha value is -1.55. The zero-order chi connectivity index (χ0) is 15.9. The van der Waals surface area contributed by atoms with E-state index in [0.717, 1.165) is 31.2 Å². The maximum atomic E-state index is 12.1. The number of aliphatic carboxylic acids is 1. The van der Waals surface area contributed by atoms with Crippen LogP contribution in [0.25, 0.3) is 0 Å². The molecular formula is C17H22ClNO3. The van der Waals surface area contributed by atoms with Gasteiger partial charge in [0.2, 0.25) is 5.91 Å². The van der Waals surface area contributed by atoms with Gasteiger partial charge in [-0.2, -0.15) is 0 Å². The molecule has 22 heavy (non-hydrogen) atoms. The second kappa shape index (κ2) is 8.18. The lowest BCUT2D eigenvalue weighted by Gasteiger charge is -2.23. The van der Waals surface area contributed by atoms with E-state index in [4.69, 9.17) is 11.6 Å². The number of benzene rings is 1. The van der Waals surface area contributed by atoms with Gasteiger partial charge in [0.05, 0.1) is 5.92 Å². The highest BCUT2D eigenvalue weighted by molar-refractivity contribution is 6.30. The quantitative estimate of drug-likeness (QED) is 0.843. The number of carboxylic acids is 1. The van der Waals surface area contributed by atoms with Crippen LogP contribution in [0, 0.1) is 5.92 Å². The molecule has 2 N–H and O–H groups in total. The molecule has 0 saturated heterocycles. The van der Waals surface area contributed by atoms with Gasteiger partial charge in [0.15, 0.2) is 0 Å². The van der Waals surface area contributed by atoms with Crippen molar-refractivity contribution in [1.82, 2.24) is 5.32 Å². The van der Waals surface area contributed by atoms with E-state index in [0.29, 0.717) is 11.4 Å². The predicted octanol–water partition coefficient (Wildman–Crippen LogP) is 3.42. The van der Waals surface area contributed by atoms with E-state index in [1.165, 1.54) is 6.42 Å². The van der Waals surface area contributed by atoms with Crippen molar-refractivity contribution >= 4 is 23.5 Å².